The van der Waals surface area contributed by atoms with Gasteiger partial charge in [0.15, 0.2) is 0 Å². The molecular weight excluding hydrogens is 414 g/mol. The Bertz CT molecular complexity index is 919. The predicted octanol–water partition coefficient (Wildman–Crippen LogP) is 5.74. The minimum atomic E-state index is -0.0330. The lowest BCUT2D eigenvalue weighted by Crippen LogP contribution is -2.25. The first-order valence-electron chi connectivity index (χ1n) is 10.2. The highest BCUT2D eigenvalue weighted by Gasteiger charge is 2.11. The van der Waals surface area contributed by atoms with Gasteiger partial charge in [0.25, 0.3) is 5.91 Å². The first-order chi connectivity index (χ1) is 13.7. The van der Waals surface area contributed by atoms with Crippen LogP contribution in [0.25, 0.3) is 11.0 Å². The van der Waals surface area contributed by atoms with Crippen molar-refractivity contribution in [1.29, 1.82) is 0 Å². The number of aryl methyl sites for hydroxylation is 2. The number of imidazole rings is 1. The second kappa shape index (κ2) is 10.4. The number of carbonyl (C=O) groups excluding carboxylic acids is 1. The molecule has 28 heavy (non-hydrogen) atoms. The maximum Gasteiger partial charge on any atom is 0.251 e. The number of halogens is 1. The summed E-state index contributed by atoms with van der Waals surface area (Å²) in [5.41, 5.74) is 2.95. The van der Waals surface area contributed by atoms with E-state index >= 15 is 0 Å². The van der Waals surface area contributed by atoms with E-state index in [9.17, 15) is 4.79 Å². The first-order valence-corrected chi connectivity index (χ1v) is 11.0. The Kier molecular flexibility index (Phi) is 7.66. The molecule has 0 saturated carbocycles. The molecule has 0 fully saturated rings. The lowest BCUT2D eigenvalue weighted by atomic mass is 10.2. The van der Waals surface area contributed by atoms with Gasteiger partial charge in [0.05, 0.1) is 11.0 Å². The fraction of sp³-hybridized carbons (Fsp3) is 0.391. The normalized spacial score (nSPS) is 11.1. The number of amides is 1. The van der Waals surface area contributed by atoms with Crippen LogP contribution in [0.5, 0.6) is 0 Å². The van der Waals surface area contributed by atoms with E-state index in [4.69, 9.17) is 4.98 Å². The SMILES string of the molecule is CCCCCCn1c(CCCNC(=O)c2cccc(Br)c2)nc2ccccc21. The van der Waals surface area contributed by atoms with Gasteiger partial charge in [0.2, 0.25) is 0 Å². The van der Waals surface area contributed by atoms with Gasteiger partial charge in [-0.25, -0.2) is 4.98 Å². The maximum absolute atomic E-state index is 12.3. The molecule has 0 aliphatic rings. The quantitative estimate of drug-likeness (QED) is 0.407. The Labute approximate surface area is 175 Å². The Morgan fingerprint density at radius 2 is 1.93 bits per heavy atom. The highest BCUT2D eigenvalue weighted by Crippen LogP contribution is 2.18. The number of rotatable bonds is 10. The zero-order valence-electron chi connectivity index (χ0n) is 16.5. The smallest absolute Gasteiger partial charge is 0.251 e. The van der Waals surface area contributed by atoms with Crippen LogP contribution in [0, 0.1) is 0 Å². The average Bonchev–Trinajstić information content (AvgIpc) is 3.06. The van der Waals surface area contributed by atoms with Gasteiger partial charge >= 0.3 is 0 Å². The van der Waals surface area contributed by atoms with Crippen LogP contribution in [0.4, 0.5) is 0 Å². The van der Waals surface area contributed by atoms with Gasteiger partial charge in [-0.2, -0.15) is 0 Å². The molecule has 3 aromatic rings. The predicted molar refractivity (Wildman–Crippen MR) is 119 cm³/mol. The zero-order valence-corrected chi connectivity index (χ0v) is 18.0. The van der Waals surface area contributed by atoms with E-state index in [2.05, 4.69) is 50.9 Å². The summed E-state index contributed by atoms with van der Waals surface area (Å²) in [4.78, 5) is 17.1. The zero-order chi connectivity index (χ0) is 19.8. The number of nitrogens with zero attached hydrogens (tertiary/aromatic N) is 2. The molecule has 0 aliphatic heterocycles. The van der Waals surface area contributed by atoms with Gasteiger partial charge in [-0.05, 0) is 43.2 Å². The number of unbranched alkanes of at least 4 members (excludes halogenated alkanes) is 3. The molecule has 1 amide bonds. The fourth-order valence-electron chi connectivity index (χ4n) is 3.44. The molecule has 0 spiro atoms. The van der Waals surface area contributed by atoms with Crippen LogP contribution in [0.15, 0.2) is 53.0 Å². The monoisotopic (exact) mass is 441 g/mol. The number of hydrogen-bond acceptors (Lipinski definition) is 2. The number of nitrogens with one attached hydrogen (secondary N) is 1. The van der Waals surface area contributed by atoms with Crippen molar-refractivity contribution in [3.05, 3.63) is 64.4 Å². The largest absolute Gasteiger partial charge is 0.352 e. The number of benzene rings is 2. The number of aromatic nitrogens is 2. The molecule has 3 rings (SSSR count). The second-order valence-electron chi connectivity index (χ2n) is 7.10. The summed E-state index contributed by atoms with van der Waals surface area (Å²) in [6.45, 7) is 3.89. The van der Waals surface area contributed by atoms with E-state index in [0.29, 0.717) is 12.1 Å². The third-order valence-corrected chi connectivity index (χ3v) is 5.41. The summed E-state index contributed by atoms with van der Waals surface area (Å²) in [7, 11) is 0. The van der Waals surface area contributed by atoms with Gasteiger partial charge in [-0.3, -0.25) is 4.79 Å². The molecule has 0 atom stereocenters. The summed E-state index contributed by atoms with van der Waals surface area (Å²) in [6.07, 6.45) is 6.70. The van der Waals surface area contributed by atoms with E-state index in [1.165, 1.54) is 31.2 Å². The standard InChI is InChI=1S/C23H28BrN3O/c1-2-3-4-7-16-27-21-13-6-5-12-20(21)26-22(27)14-9-15-25-23(28)18-10-8-11-19(24)17-18/h5-6,8,10-13,17H,2-4,7,9,14-16H2,1H3,(H,25,28). The molecule has 1 aromatic heterocycles. The Morgan fingerprint density at radius 3 is 2.75 bits per heavy atom. The van der Waals surface area contributed by atoms with Gasteiger partial charge in [-0.1, -0.05) is 60.3 Å². The van der Waals surface area contributed by atoms with Crippen molar-refractivity contribution in [2.45, 2.75) is 52.0 Å². The van der Waals surface area contributed by atoms with Crippen molar-refractivity contribution in [3.63, 3.8) is 0 Å². The Balaban J connectivity index is 1.58. The number of fused-ring (bicyclic) bond motifs is 1. The summed E-state index contributed by atoms with van der Waals surface area (Å²) in [5, 5.41) is 3.01. The summed E-state index contributed by atoms with van der Waals surface area (Å²) in [5.74, 6) is 1.09. The van der Waals surface area contributed by atoms with Crippen LogP contribution >= 0.6 is 15.9 Å². The molecule has 0 radical (unpaired) electrons. The summed E-state index contributed by atoms with van der Waals surface area (Å²) < 4.78 is 3.28. The Hall–Kier alpha value is -2.14. The van der Waals surface area contributed by atoms with Crippen LogP contribution in [-0.4, -0.2) is 22.0 Å². The molecule has 1 heterocycles. The maximum atomic E-state index is 12.3. The van der Waals surface area contributed by atoms with Gasteiger partial charge < -0.3 is 9.88 Å². The molecule has 1 N–H and O–H groups in total. The van der Waals surface area contributed by atoms with E-state index in [0.717, 1.165) is 35.2 Å². The van der Waals surface area contributed by atoms with Crippen LogP contribution in [0.2, 0.25) is 0 Å². The number of para-hydroxylation sites is 2. The van der Waals surface area contributed by atoms with Crippen molar-refractivity contribution < 1.29 is 4.79 Å². The first kappa shape index (κ1) is 20.6. The molecule has 0 unspecified atom stereocenters. The number of hydrogen-bond donors (Lipinski definition) is 1. The van der Waals surface area contributed by atoms with E-state index in [1.807, 2.05) is 30.3 Å². The van der Waals surface area contributed by atoms with Crippen molar-refractivity contribution >= 4 is 32.9 Å². The topological polar surface area (TPSA) is 46.9 Å². The van der Waals surface area contributed by atoms with Gasteiger partial charge in [0, 0.05) is 29.5 Å². The Morgan fingerprint density at radius 1 is 1.07 bits per heavy atom. The van der Waals surface area contributed by atoms with Gasteiger partial charge in [-0.15, -0.1) is 0 Å². The third kappa shape index (κ3) is 5.44. The summed E-state index contributed by atoms with van der Waals surface area (Å²) >= 11 is 3.41. The fourth-order valence-corrected chi connectivity index (χ4v) is 3.84. The molecule has 0 bridgehead atoms. The van der Waals surface area contributed by atoms with Crippen molar-refractivity contribution in [3.8, 4) is 0 Å². The number of carbonyl (C=O) groups is 1. The van der Waals surface area contributed by atoms with Gasteiger partial charge in [0.1, 0.15) is 5.82 Å². The average molecular weight is 442 g/mol. The lowest BCUT2D eigenvalue weighted by Gasteiger charge is -2.10. The molecule has 2 aromatic carbocycles. The second-order valence-corrected chi connectivity index (χ2v) is 8.01. The van der Waals surface area contributed by atoms with Crippen molar-refractivity contribution in [2.24, 2.45) is 0 Å². The minimum Gasteiger partial charge on any atom is -0.352 e. The third-order valence-electron chi connectivity index (χ3n) is 4.92. The molecule has 0 saturated heterocycles. The van der Waals surface area contributed by atoms with Crippen LogP contribution in [0.1, 0.15) is 55.2 Å². The highest BCUT2D eigenvalue weighted by atomic mass is 79.9. The van der Waals surface area contributed by atoms with Crippen molar-refractivity contribution in [2.75, 3.05) is 6.54 Å². The highest BCUT2D eigenvalue weighted by molar-refractivity contribution is 9.10. The molecule has 0 aliphatic carbocycles. The molecule has 4 nitrogen and oxygen atoms in total. The van der Waals surface area contributed by atoms with Crippen LogP contribution in [0.3, 0.4) is 0 Å². The lowest BCUT2D eigenvalue weighted by molar-refractivity contribution is 0.0953. The van der Waals surface area contributed by atoms with E-state index in [-0.39, 0.29) is 5.91 Å². The van der Waals surface area contributed by atoms with E-state index in [1.54, 1.807) is 0 Å². The summed E-state index contributed by atoms with van der Waals surface area (Å²) in [6, 6.07) is 15.8. The van der Waals surface area contributed by atoms with E-state index < -0.39 is 0 Å². The molecular formula is C23H28BrN3O. The molecule has 148 valence electrons. The molecule has 5 heteroatoms. The van der Waals surface area contributed by atoms with Crippen molar-refractivity contribution in [1.82, 2.24) is 14.9 Å². The van der Waals surface area contributed by atoms with Crippen LogP contribution < -0.4 is 5.32 Å². The minimum absolute atomic E-state index is 0.0330. The van der Waals surface area contributed by atoms with Crippen LogP contribution in [-0.2, 0) is 13.0 Å².